The number of hydrogen-bond acceptors (Lipinski definition) is 3. The van der Waals surface area contributed by atoms with Crippen LogP contribution in [0.15, 0.2) is 0 Å². The van der Waals surface area contributed by atoms with Crippen LogP contribution < -0.4 is 3.80 Å². The summed E-state index contributed by atoms with van der Waals surface area (Å²) in [7, 11) is 3.55. The summed E-state index contributed by atoms with van der Waals surface area (Å²) < 4.78 is 16.0. The number of rotatable bonds is 8. The summed E-state index contributed by atoms with van der Waals surface area (Å²) >= 11 is -3.21. The molecule has 0 aromatic heterocycles. The second kappa shape index (κ2) is 6.24. The van der Waals surface area contributed by atoms with Crippen molar-refractivity contribution in [2.45, 2.75) is 43.1 Å². The fourth-order valence-electron chi connectivity index (χ4n) is 1.68. The van der Waals surface area contributed by atoms with E-state index in [0.717, 1.165) is 17.7 Å². The number of nitrogens with one attached hydrogen (secondary N) is 1. The Morgan fingerprint density at radius 1 is 1.07 bits per heavy atom. The van der Waals surface area contributed by atoms with E-state index in [4.69, 9.17) is 6.64 Å². The van der Waals surface area contributed by atoms with Crippen molar-refractivity contribution in [1.29, 1.82) is 0 Å². The second-order valence-electron chi connectivity index (χ2n) is 4.20. The van der Waals surface area contributed by atoms with Crippen LogP contribution in [0.1, 0.15) is 33.1 Å². The first-order valence-electron chi connectivity index (χ1n) is 5.60. The van der Waals surface area contributed by atoms with Gasteiger partial charge in [-0.05, 0) is 0 Å². The molecule has 0 fully saturated rings. The van der Waals surface area contributed by atoms with E-state index >= 15 is 0 Å². The molecule has 1 N–H and O–H groups in total. The Labute approximate surface area is 90.7 Å². The summed E-state index contributed by atoms with van der Waals surface area (Å²) in [5.41, 5.74) is 0. The molecule has 0 saturated heterocycles. The molecule has 0 amide bonds. The Balaban J connectivity index is 4.35. The van der Waals surface area contributed by atoms with Crippen LogP contribution >= 0.6 is 0 Å². The SMILES string of the molecule is CCCC[NH][Ti]([CH3])([CH2]CC)([O]C)[O]C. The molecular formula is C10H26NO2Ti. The molecule has 0 bridgehead atoms. The fraction of sp³-hybridized carbons (Fsp3) is 1.00. The zero-order valence-electron chi connectivity index (χ0n) is 10.4. The van der Waals surface area contributed by atoms with Crippen molar-refractivity contribution in [3.63, 3.8) is 0 Å². The molecule has 0 unspecified atom stereocenters. The van der Waals surface area contributed by atoms with E-state index in [1.54, 1.807) is 14.2 Å². The average Bonchev–Trinajstić information content (AvgIpc) is 2.19. The average molecular weight is 240 g/mol. The van der Waals surface area contributed by atoms with Gasteiger partial charge in [0.15, 0.2) is 0 Å². The summed E-state index contributed by atoms with van der Waals surface area (Å²) in [6.07, 6.45) is 3.49. The van der Waals surface area contributed by atoms with Gasteiger partial charge in [-0.1, -0.05) is 0 Å². The van der Waals surface area contributed by atoms with Gasteiger partial charge in [-0.2, -0.15) is 0 Å². The van der Waals surface area contributed by atoms with Gasteiger partial charge in [0.2, 0.25) is 0 Å². The van der Waals surface area contributed by atoms with Crippen LogP contribution in [0.25, 0.3) is 0 Å². The summed E-state index contributed by atoms with van der Waals surface area (Å²) in [5, 5.41) is 2.16. The van der Waals surface area contributed by atoms with Crippen molar-refractivity contribution < 1.29 is 23.0 Å². The van der Waals surface area contributed by atoms with E-state index in [1.165, 1.54) is 12.8 Å². The standard InChI is InChI=1S/C4H10N.C3H7.2CH3O.CH3.Ti/c1-2-3-4-5;1-3-2;2*1-2;;/h5H,2-4H2,1H3;1,3H2,2H3;2*1H3;1H3;/q-1;;2*-1;;+3. The third kappa shape index (κ3) is 3.99. The van der Waals surface area contributed by atoms with Crippen molar-refractivity contribution in [3.05, 3.63) is 0 Å². The molecule has 0 rings (SSSR count). The van der Waals surface area contributed by atoms with Crippen LogP contribution in [0.4, 0.5) is 0 Å². The summed E-state index contributed by atoms with van der Waals surface area (Å²) in [6.45, 7) is 5.37. The molecule has 0 radical (unpaired) electrons. The molecule has 0 spiro atoms. The van der Waals surface area contributed by atoms with Gasteiger partial charge in [-0.3, -0.25) is 0 Å². The minimum absolute atomic E-state index is 1.01. The quantitative estimate of drug-likeness (QED) is 0.522. The van der Waals surface area contributed by atoms with Crippen LogP contribution in [-0.4, -0.2) is 20.8 Å². The second-order valence-corrected chi connectivity index (χ2v) is 12.3. The van der Waals surface area contributed by atoms with Gasteiger partial charge in [0.25, 0.3) is 0 Å². The van der Waals surface area contributed by atoms with Crippen molar-refractivity contribution in [2.24, 2.45) is 0 Å². The molecule has 14 heavy (non-hydrogen) atoms. The van der Waals surface area contributed by atoms with Gasteiger partial charge < -0.3 is 0 Å². The van der Waals surface area contributed by atoms with Gasteiger partial charge >= 0.3 is 90.6 Å². The maximum atomic E-state index is 5.72. The van der Waals surface area contributed by atoms with Gasteiger partial charge in [-0.15, -0.1) is 0 Å². The monoisotopic (exact) mass is 240 g/mol. The minimum atomic E-state index is -3.21. The van der Waals surface area contributed by atoms with Crippen molar-refractivity contribution >= 4 is 0 Å². The summed E-state index contributed by atoms with van der Waals surface area (Å²) in [5.74, 6) is 0. The van der Waals surface area contributed by atoms with Crippen LogP contribution in [0.5, 0.6) is 0 Å². The molecular weight excluding hydrogens is 214 g/mol. The van der Waals surface area contributed by atoms with E-state index in [2.05, 4.69) is 22.9 Å². The molecule has 0 aromatic rings. The van der Waals surface area contributed by atoms with Crippen molar-refractivity contribution in [2.75, 3.05) is 20.8 Å². The van der Waals surface area contributed by atoms with Crippen LogP contribution in [0.2, 0.25) is 9.95 Å². The van der Waals surface area contributed by atoms with E-state index in [0.29, 0.717) is 0 Å². The van der Waals surface area contributed by atoms with E-state index in [9.17, 15) is 0 Å². The van der Waals surface area contributed by atoms with Crippen LogP contribution in [0, 0.1) is 0 Å². The summed E-state index contributed by atoms with van der Waals surface area (Å²) in [4.78, 5) is 0. The molecule has 0 aromatic carbocycles. The van der Waals surface area contributed by atoms with Crippen LogP contribution in [-0.2, 0) is 23.0 Å². The van der Waals surface area contributed by atoms with Gasteiger partial charge in [-0.25, -0.2) is 0 Å². The molecule has 0 heterocycles. The first kappa shape index (κ1) is 14.6. The predicted octanol–water partition coefficient (Wildman–Crippen LogP) is 2.98. The number of hydrogen-bond donors (Lipinski definition) is 1. The first-order valence-corrected chi connectivity index (χ1v) is 10.3. The third-order valence-corrected chi connectivity index (χ3v) is 10.7. The molecule has 4 heteroatoms. The van der Waals surface area contributed by atoms with Crippen LogP contribution in [0.3, 0.4) is 0 Å². The zero-order valence-corrected chi connectivity index (χ0v) is 11.9. The van der Waals surface area contributed by atoms with E-state index in [-0.39, 0.29) is 0 Å². The van der Waals surface area contributed by atoms with E-state index in [1.807, 2.05) is 0 Å². The number of unbranched alkanes of at least 4 members (excludes halogenated alkanes) is 1. The van der Waals surface area contributed by atoms with Gasteiger partial charge in [0, 0.05) is 0 Å². The Kier molecular flexibility index (Phi) is 6.50. The fourth-order valence-corrected chi connectivity index (χ4v) is 6.37. The Morgan fingerprint density at radius 2 is 1.64 bits per heavy atom. The van der Waals surface area contributed by atoms with E-state index < -0.39 is 16.3 Å². The first-order chi connectivity index (χ1) is 6.54. The zero-order chi connectivity index (χ0) is 11.1. The summed E-state index contributed by atoms with van der Waals surface area (Å²) in [6, 6.07) is 0. The third-order valence-electron chi connectivity index (χ3n) is 3.00. The molecule has 0 aliphatic heterocycles. The van der Waals surface area contributed by atoms with Crippen molar-refractivity contribution in [3.8, 4) is 0 Å². The van der Waals surface area contributed by atoms with Crippen molar-refractivity contribution in [1.82, 2.24) is 3.80 Å². The molecule has 87 valence electrons. The molecule has 0 atom stereocenters. The molecule has 3 nitrogen and oxygen atoms in total. The van der Waals surface area contributed by atoms with Gasteiger partial charge in [0.1, 0.15) is 0 Å². The Morgan fingerprint density at radius 3 is 2.00 bits per heavy atom. The Bertz CT molecular complexity index is 160. The molecule has 0 aliphatic rings. The topological polar surface area (TPSA) is 30.5 Å². The molecule has 0 saturated carbocycles. The maximum absolute atomic E-state index is 5.72. The molecule has 0 aliphatic carbocycles. The predicted molar refractivity (Wildman–Crippen MR) is 57.9 cm³/mol. The normalized spacial score (nSPS) is 15.1. The van der Waals surface area contributed by atoms with Gasteiger partial charge in [0.05, 0.1) is 0 Å². The Hall–Kier alpha value is 0.594.